The van der Waals surface area contributed by atoms with E-state index in [1.54, 1.807) is 0 Å². The Balaban J connectivity index is 1.62. The Morgan fingerprint density at radius 2 is 1.92 bits per heavy atom. The average molecular weight is 341 g/mol. The Kier molecular flexibility index (Phi) is 4.57. The molecule has 1 aliphatic heterocycles. The smallest absolute Gasteiger partial charge is 0.177 e. The van der Waals surface area contributed by atoms with E-state index in [9.17, 15) is 5.11 Å². The number of morpholine rings is 1. The van der Waals surface area contributed by atoms with E-state index in [1.807, 2.05) is 43.3 Å². The zero-order valence-corrected chi connectivity index (χ0v) is 14.4. The maximum absolute atomic E-state index is 10.6. The van der Waals surface area contributed by atoms with Gasteiger partial charge in [-0.2, -0.15) is 0 Å². The van der Waals surface area contributed by atoms with Crippen molar-refractivity contribution in [3.05, 3.63) is 42.2 Å². The number of furan rings is 1. The summed E-state index contributed by atoms with van der Waals surface area (Å²) in [6.45, 7) is 6.23. The summed E-state index contributed by atoms with van der Waals surface area (Å²) in [5.74, 6) is 2.34. The van der Waals surface area contributed by atoms with Crippen molar-refractivity contribution in [3.8, 4) is 11.6 Å². The van der Waals surface area contributed by atoms with Gasteiger partial charge in [0, 0.05) is 19.6 Å². The molecule has 25 heavy (non-hydrogen) atoms. The van der Waals surface area contributed by atoms with Crippen molar-refractivity contribution < 1.29 is 14.3 Å². The molecular weight excluding hydrogens is 318 g/mol. The summed E-state index contributed by atoms with van der Waals surface area (Å²) in [5, 5.41) is 10.6. The fourth-order valence-corrected chi connectivity index (χ4v) is 3.35. The minimum Gasteiger partial charge on any atom is -0.458 e. The molecule has 132 valence electrons. The third-order valence-electron chi connectivity index (χ3n) is 4.58. The molecule has 4 rings (SSSR count). The second-order valence-electron chi connectivity index (χ2n) is 6.51. The normalized spacial score (nSPS) is 17.2. The van der Waals surface area contributed by atoms with Crippen LogP contribution in [0.25, 0.3) is 22.6 Å². The monoisotopic (exact) mass is 341 g/mol. The van der Waals surface area contributed by atoms with Crippen molar-refractivity contribution in [3.63, 3.8) is 0 Å². The van der Waals surface area contributed by atoms with Gasteiger partial charge in [-0.3, -0.25) is 4.90 Å². The van der Waals surface area contributed by atoms with E-state index in [1.165, 1.54) is 0 Å². The molecule has 0 saturated carbocycles. The molecule has 0 radical (unpaired) electrons. The standard InChI is InChI=1S/C19H23N3O3/c1-14-6-7-18(25-14)19-20-16-4-2-3-5-17(16)22(19)13-15(23)12-21-8-10-24-11-9-21/h2-7,15,23H,8-13H2,1H3/t15-/m1/s1. The molecule has 0 spiro atoms. The topological polar surface area (TPSA) is 63.7 Å². The van der Waals surface area contributed by atoms with E-state index in [0.29, 0.717) is 13.1 Å². The Hall–Kier alpha value is -2.15. The molecule has 0 unspecified atom stereocenters. The number of aliphatic hydroxyl groups excluding tert-OH is 1. The van der Waals surface area contributed by atoms with Crippen LogP contribution in [0.4, 0.5) is 0 Å². The zero-order chi connectivity index (χ0) is 17.2. The Bertz CT molecular complexity index is 849. The van der Waals surface area contributed by atoms with Crippen molar-refractivity contribution in [1.29, 1.82) is 0 Å². The second-order valence-corrected chi connectivity index (χ2v) is 6.51. The highest BCUT2D eigenvalue weighted by atomic mass is 16.5. The number of nitrogens with zero attached hydrogens (tertiary/aromatic N) is 3. The number of benzene rings is 1. The van der Waals surface area contributed by atoms with E-state index in [0.717, 1.165) is 54.7 Å². The predicted octanol–water partition coefficient (Wildman–Crippen LogP) is 2.30. The van der Waals surface area contributed by atoms with Gasteiger partial charge >= 0.3 is 0 Å². The largest absolute Gasteiger partial charge is 0.458 e. The molecule has 1 aliphatic rings. The summed E-state index contributed by atoms with van der Waals surface area (Å²) < 4.78 is 13.2. The third kappa shape index (κ3) is 3.46. The fourth-order valence-electron chi connectivity index (χ4n) is 3.35. The third-order valence-corrected chi connectivity index (χ3v) is 4.58. The molecule has 2 aromatic heterocycles. The zero-order valence-electron chi connectivity index (χ0n) is 14.4. The summed E-state index contributed by atoms with van der Waals surface area (Å²) in [6.07, 6.45) is -0.481. The van der Waals surface area contributed by atoms with Gasteiger partial charge in [-0.15, -0.1) is 0 Å². The van der Waals surface area contributed by atoms with E-state index in [-0.39, 0.29) is 0 Å². The van der Waals surface area contributed by atoms with Crippen LogP contribution in [-0.4, -0.2) is 58.5 Å². The highest BCUT2D eigenvalue weighted by molar-refractivity contribution is 5.79. The van der Waals surface area contributed by atoms with Crippen molar-refractivity contribution in [1.82, 2.24) is 14.5 Å². The van der Waals surface area contributed by atoms with E-state index < -0.39 is 6.10 Å². The number of aliphatic hydroxyl groups is 1. The second kappa shape index (κ2) is 7.00. The molecule has 0 aliphatic carbocycles. The van der Waals surface area contributed by atoms with E-state index in [2.05, 4.69) is 9.47 Å². The van der Waals surface area contributed by atoms with Gasteiger partial charge in [0.25, 0.3) is 0 Å². The molecule has 1 saturated heterocycles. The van der Waals surface area contributed by atoms with E-state index in [4.69, 9.17) is 14.1 Å². The number of fused-ring (bicyclic) bond motifs is 1. The molecule has 6 heteroatoms. The van der Waals surface area contributed by atoms with Gasteiger partial charge in [0.2, 0.25) is 0 Å². The van der Waals surface area contributed by atoms with Crippen LogP contribution in [0.2, 0.25) is 0 Å². The van der Waals surface area contributed by atoms with Crippen LogP contribution in [0.15, 0.2) is 40.8 Å². The predicted molar refractivity (Wildman–Crippen MR) is 95.4 cm³/mol. The van der Waals surface area contributed by atoms with Crippen molar-refractivity contribution in [2.45, 2.75) is 19.6 Å². The molecule has 1 aromatic carbocycles. The molecule has 0 amide bonds. The molecule has 3 aromatic rings. The number of aryl methyl sites for hydroxylation is 1. The maximum Gasteiger partial charge on any atom is 0.177 e. The molecule has 0 bridgehead atoms. The van der Waals surface area contributed by atoms with Crippen LogP contribution in [0.3, 0.4) is 0 Å². The molecule has 1 atom stereocenters. The first-order chi connectivity index (χ1) is 12.2. The summed E-state index contributed by atoms with van der Waals surface area (Å²) in [7, 11) is 0. The lowest BCUT2D eigenvalue weighted by Crippen LogP contribution is -2.42. The van der Waals surface area contributed by atoms with Crippen LogP contribution in [-0.2, 0) is 11.3 Å². The highest BCUT2D eigenvalue weighted by Crippen LogP contribution is 2.26. The molecule has 6 nitrogen and oxygen atoms in total. The molecular formula is C19H23N3O3. The van der Waals surface area contributed by atoms with Crippen LogP contribution < -0.4 is 0 Å². The van der Waals surface area contributed by atoms with Gasteiger partial charge in [-0.05, 0) is 31.2 Å². The molecule has 3 heterocycles. The van der Waals surface area contributed by atoms with Gasteiger partial charge in [0.05, 0.1) is 36.9 Å². The van der Waals surface area contributed by atoms with Crippen molar-refractivity contribution >= 4 is 11.0 Å². The number of hydrogen-bond acceptors (Lipinski definition) is 5. The number of ether oxygens (including phenoxy) is 1. The summed E-state index contributed by atoms with van der Waals surface area (Å²) >= 11 is 0. The number of β-amino-alcohol motifs (C(OH)–C–C–N with tert-alkyl or cyclic N) is 1. The van der Waals surface area contributed by atoms with Crippen LogP contribution in [0.5, 0.6) is 0 Å². The van der Waals surface area contributed by atoms with Crippen LogP contribution in [0, 0.1) is 6.92 Å². The summed E-state index contributed by atoms with van der Waals surface area (Å²) in [5.41, 5.74) is 1.91. The summed E-state index contributed by atoms with van der Waals surface area (Å²) in [4.78, 5) is 6.96. The van der Waals surface area contributed by atoms with Crippen LogP contribution in [0.1, 0.15) is 5.76 Å². The lowest BCUT2D eigenvalue weighted by atomic mass is 10.2. The minimum atomic E-state index is -0.481. The lowest BCUT2D eigenvalue weighted by Gasteiger charge is -2.28. The summed E-state index contributed by atoms with van der Waals surface area (Å²) in [6, 6.07) is 11.8. The van der Waals surface area contributed by atoms with E-state index >= 15 is 0 Å². The van der Waals surface area contributed by atoms with Crippen molar-refractivity contribution in [2.24, 2.45) is 0 Å². The van der Waals surface area contributed by atoms with Gasteiger partial charge in [-0.25, -0.2) is 4.98 Å². The average Bonchev–Trinajstić information content (AvgIpc) is 3.20. The minimum absolute atomic E-state index is 0.479. The van der Waals surface area contributed by atoms with Crippen LogP contribution >= 0.6 is 0 Å². The first-order valence-electron chi connectivity index (χ1n) is 8.71. The number of aromatic nitrogens is 2. The van der Waals surface area contributed by atoms with Gasteiger partial charge in [-0.1, -0.05) is 12.1 Å². The SMILES string of the molecule is Cc1ccc(-c2nc3ccccc3n2C[C@H](O)CN2CCOCC2)o1. The highest BCUT2D eigenvalue weighted by Gasteiger charge is 2.20. The first-order valence-corrected chi connectivity index (χ1v) is 8.71. The fraction of sp³-hybridized carbons (Fsp3) is 0.421. The molecule has 1 fully saturated rings. The lowest BCUT2D eigenvalue weighted by molar-refractivity contribution is 0.0118. The molecule has 1 N–H and O–H groups in total. The number of imidazole rings is 1. The Morgan fingerprint density at radius 1 is 1.12 bits per heavy atom. The Labute approximate surface area is 146 Å². The maximum atomic E-state index is 10.6. The number of hydrogen-bond donors (Lipinski definition) is 1. The first kappa shape index (κ1) is 16.3. The quantitative estimate of drug-likeness (QED) is 0.771. The van der Waals surface area contributed by atoms with Gasteiger partial charge < -0.3 is 18.8 Å². The van der Waals surface area contributed by atoms with Gasteiger partial charge in [0.1, 0.15) is 5.76 Å². The number of para-hydroxylation sites is 2. The number of rotatable bonds is 5. The van der Waals surface area contributed by atoms with Crippen molar-refractivity contribution in [2.75, 3.05) is 32.8 Å². The Morgan fingerprint density at radius 3 is 2.68 bits per heavy atom. The van der Waals surface area contributed by atoms with Gasteiger partial charge in [0.15, 0.2) is 11.6 Å².